The van der Waals surface area contributed by atoms with Crippen LogP contribution in [0.25, 0.3) is 0 Å². The van der Waals surface area contributed by atoms with Gasteiger partial charge in [0.2, 0.25) is 0 Å². The van der Waals surface area contributed by atoms with Gasteiger partial charge in [0.05, 0.1) is 7.11 Å². The van der Waals surface area contributed by atoms with Gasteiger partial charge in [-0.15, -0.1) is 0 Å². The van der Waals surface area contributed by atoms with E-state index in [0.29, 0.717) is 11.7 Å². The van der Waals surface area contributed by atoms with E-state index in [4.69, 9.17) is 4.74 Å². The summed E-state index contributed by atoms with van der Waals surface area (Å²) in [5, 5.41) is 0. The Morgan fingerprint density at radius 3 is 2.48 bits per heavy atom. The van der Waals surface area contributed by atoms with E-state index in [9.17, 15) is 4.79 Å². The van der Waals surface area contributed by atoms with Crippen LogP contribution in [-0.4, -0.2) is 12.9 Å². The standard InChI is InChI=1S/C23H26O2/c1-15-14-18(24)20-19(15)23(16-6-8-17(25-3)9-7-16)13-12-22(20)11-5-4-10-21(22,23)2/h6-9,12-14,19-20H,4-5,10-11H2,1-3H3/t19-,20+,21+,22-,23-/m1/s1. The summed E-state index contributed by atoms with van der Waals surface area (Å²) < 4.78 is 5.38. The molecule has 0 heterocycles. The van der Waals surface area contributed by atoms with Crippen molar-refractivity contribution in [1.29, 1.82) is 0 Å². The molecule has 2 nitrogen and oxygen atoms in total. The SMILES string of the molecule is COc1ccc([C@@]23C=C[C@]4(CCCC[C@@]42C)[C@H]2C(=O)C=C(C)[C@H]23)cc1. The Bertz CT molecular complexity index is 817. The van der Waals surface area contributed by atoms with Gasteiger partial charge in [-0.3, -0.25) is 4.79 Å². The van der Waals surface area contributed by atoms with Gasteiger partial charge in [-0.05, 0) is 49.0 Å². The van der Waals surface area contributed by atoms with Gasteiger partial charge >= 0.3 is 0 Å². The molecule has 25 heavy (non-hydrogen) atoms. The number of ketones is 1. The van der Waals surface area contributed by atoms with E-state index < -0.39 is 0 Å². The Morgan fingerprint density at radius 2 is 1.76 bits per heavy atom. The molecule has 0 amide bonds. The summed E-state index contributed by atoms with van der Waals surface area (Å²) in [7, 11) is 1.71. The number of fused-ring (bicyclic) bond motifs is 2. The van der Waals surface area contributed by atoms with Gasteiger partial charge in [-0.1, -0.05) is 49.6 Å². The molecule has 2 heteroatoms. The molecule has 5 atom stereocenters. The van der Waals surface area contributed by atoms with E-state index in [2.05, 4.69) is 50.3 Å². The first-order chi connectivity index (χ1) is 12.0. The topological polar surface area (TPSA) is 26.3 Å². The first-order valence-electron chi connectivity index (χ1n) is 9.57. The van der Waals surface area contributed by atoms with Crippen LogP contribution in [0.4, 0.5) is 0 Å². The minimum absolute atomic E-state index is 0.0428. The number of carbonyl (C=O) groups is 1. The Balaban J connectivity index is 1.78. The molecule has 2 fully saturated rings. The van der Waals surface area contributed by atoms with Crippen LogP contribution in [0.1, 0.15) is 45.1 Å². The number of carbonyl (C=O) groups excluding carboxylic acids is 1. The van der Waals surface area contributed by atoms with Crippen molar-refractivity contribution in [3.05, 3.63) is 53.6 Å². The van der Waals surface area contributed by atoms with E-state index in [0.717, 1.165) is 12.2 Å². The first-order valence-corrected chi connectivity index (χ1v) is 9.57. The Hall–Kier alpha value is -1.83. The molecule has 0 saturated heterocycles. The minimum Gasteiger partial charge on any atom is -0.497 e. The van der Waals surface area contributed by atoms with Crippen molar-refractivity contribution >= 4 is 5.78 Å². The summed E-state index contributed by atoms with van der Waals surface area (Å²) in [6, 6.07) is 8.62. The average molecular weight is 334 g/mol. The quantitative estimate of drug-likeness (QED) is 0.723. The van der Waals surface area contributed by atoms with Crippen molar-refractivity contribution in [2.75, 3.05) is 7.11 Å². The predicted octanol–water partition coefficient (Wildman–Crippen LogP) is 4.84. The first kappa shape index (κ1) is 15.4. The molecule has 2 saturated carbocycles. The molecule has 0 aliphatic heterocycles. The number of allylic oxidation sites excluding steroid dienone is 4. The summed E-state index contributed by atoms with van der Waals surface area (Å²) in [5.74, 6) is 1.73. The normalized spacial score (nSPS) is 43.8. The fourth-order valence-electron chi connectivity index (χ4n) is 7.24. The van der Waals surface area contributed by atoms with Gasteiger partial charge in [0.1, 0.15) is 5.75 Å². The zero-order chi connectivity index (χ0) is 17.4. The lowest BCUT2D eigenvalue weighted by molar-refractivity contribution is -0.122. The van der Waals surface area contributed by atoms with Crippen molar-refractivity contribution in [3.63, 3.8) is 0 Å². The fourth-order valence-corrected chi connectivity index (χ4v) is 7.24. The van der Waals surface area contributed by atoms with Gasteiger partial charge < -0.3 is 4.74 Å². The number of hydrogen-bond donors (Lipinski definition) is 0. The third-order valence-electron chi connectivity index (χ3n) is 8.21. The van der Waals surface area contributed by atoms with Crippen molar-refractivity contribution in [2.24, 2.45) is 22.7 Å². The highest BCUT2D eigenvalue weighted by molar-refractivity contribution is 5.98. The average Bonchev–Trinajstić information content (AvgIpc) is 3.15. The van der Waals surface area contributed by atoms with Crippen LogP contribution >= 0.6 is 0 Å². The van der Waals surface area contributed by atoms with Gasteiger partial charge in [-0.25, -0.2) is 0 Å². The number of benzene rings is 1. The Morgan fingerprint density at radius 1 is 1.04 bits per heavy atom. The number of hydrogen-bond acceptors (Lipinski definition) is 2. The minimum atomic E-state index is -0.0584. The third kappa shape index (κ3) is 1.48. The largest absolute Gasteiger partial charge is 0.497 e. The summed E-state index contributed by atoms with van der Waals surface area (Å²) in [5.41, 5.74) is 2.75. The van der Waals surface area contributed by atoms with Gasteiger partial charge in [0, 0.05) is 22.7 Å². The predicted molar refractivity (Wildman–Crippen MR) is 98.6 cm³/mol. The van der Waals surface area contributed by atoms with E-state index in [1.165, 1.54) is 30.4 Å². The molecule has 0 radical (unpaired) electrons. The number of rotatable bonds is 2. The molecule has 0 spiro atoms. The summed E-state index contributed by atoms with van der Waals surface area (Å²) in [6.45, 7) is 4.64. The van der Waals surface area contributed by atoms with E-state index in [1.54, 1.807) is 7.11 Å². The second-order valence-electron chi connectivity index (χ2n) is 8.76. The second-order valence-corrected chi connectivity index (χ2v) is 8.76. The smallest absolute Gasteiger partial charge is 0.160 e. The summed E-state index contributed by atoms with van der Waals surface area (Å²) in [6.07, 6.45) is 11.8. The zero-order valence-corrected chi connectivity index (χ0v) is 15.3. The Labute approximate surface area is 150 Å². The molecule has 5 rings (SSSR count). The molecule has 2 bridgehead atoms. The highest BCUT2D eigenvalue weighted by atomic mass is 16.5. The second kappa shape index (κ2) is 4.66. The molecular weight excluding hydrogens is 308 g/mol. The van der Waals surface area contributed by atoms with Crippen molar-refractivity contribution in [1.82, 2.24) is 0 Å². The van der Waals surface area contributed by atoms with Crippen LogP contribution in [0.15, 0.2) is 48.1 Å². The molecule has 0 N–H and O–H groups in total. The lowest BCUT2D eigenvalue weighted by Gasteiger charge is -2.51. The monoisotopic (exact) mass is 334 g/mol. The van der Waals surface area contributed by atoms with Crippen LogP contribution in [0.3, 0.4) is 0 Å². The third-order valence-corrected chi connectivity index (χ3v) is 8.21. The van der Waals surface area contributed by atoms with E-state index in [-0.39, 0.29) is 22.2 Å². The van der Waals surface area contributed by atoms with Crippen molar-refractivity contribution < 1.29 is 9.53 Å². The van der Waals surface area contributed by atoms with E-state index in [1.807, 2.05) is 6.08 Å². The van der Waals surface area contributed by atoms with Crippen LogP contribution in [-0.2, 0) is 10.2 Å². The number of ether oxygens (including phenoxy) is 1. The van der Waals surface area contributed by atoms with E-state index >= 15 is 0 Å². The van der Waals surface area contributed by atoms with Crippen LogP contribution in [0.5, 0.6) is 5.75 Å². The Kier molecular flexibility index (Phi) is 2.88. The van der Waals surface area contributed by atoms with Gasteiger partial charge in [-0.2, -0.15) is 0 Å². The maximum Gasteiger partial charge on any atom is 0.160 e. The van der Waals surface area contributed by atoms with Crippen LogP contribution in [0, 0.1) is 22.7 Å². The van der Waals surface area contributed by atoms with Crippen molar-refractivity contribution in [2.45, 2.75) is 44.9 Å². The van der Waals surface area contributed by atoms with Gasteiger partial charge in [0.25, 0.3) is 0 Å². The summed E-state index contributed by atoms with van der Waals surface area (Å²) >= 11 is 0. The molecule has 4 aliphatic carbocycles. The molecule has 4 aliphatic rings. The molecule has 1 aromatic carbocycles. The molecular formula is C23H26O2. The fraction of sp³-hybridized carbons (Fsp3) is 0.522. The highest BCUT2D eigenvalue weighted by Gasteiger charge is 2.77. The summed E-state index contributed by atoms with van der Waals surface area (Å²) in [4.78, 5) is 13.0. The molecule has 1 aromatic rings. The maximum atomic E-state index is 13.0. The van der Waals surface area contributed by atoms with Gasteiger partial charge in [0.15, 0.2) is 5.78 Å². The van der Waals surface area contributed by atoms with Crippen LogP contribution < -0.4 is 4.74 Å². The zero-order valence-electron chi connectivity index (χ0n) is 15.3. The van der Waals surface area contributed by atoms with Crippen molar-refractivity contribution in [3.8, 4) is 5.75 Å². The number of methoxy groups -OCH3 is 1. The lowest BCUT2D eigenvalue weighted by atomic mass is 9.52. The molecule has 130 valence electrons. The van der Waals surface area contributed by atoms with Crippen LogP contribution in [0.2, 0.25) is 0 Å². The maximum absolute atomic E-state index is 13.0. The highest BCUT2D eigenvalue weighted by Crippen LogP contribution is 2.80. The molecule has 0 aromatic heterocycles. The molecule has 0 unspecified atom stereocenters. The lowest BCUT2D eigenvalue weighted by Crippen LogP contribution is -2.47.